The zero-order valence-corrected chi connectivity index (χ0v) is 23.4. The van der Waals surface area contributed by atoms with Crippen LogP contribution in [-0.4, -0.2) is 32.1 Å². The van der Waals surface area contributed by atoms with Gasteiger partial charge in [0.25, 0.3) is 0 Å². The number of terminal acetylenes is 1. The van der Waals surface area contributed by atoms with Crippen molar-refractivity contribution in [2.45, 2.75) is 45.7 Å². The standard InChI is InChI=1S/C30H33ClN8/c1-6-18-15-33-27-23(26(18)34-17-30(2,3)4)13-19(14-24(27)31)35-28(25-16-39(37-36-25)20-7-8-20)21-9-11-32-29-22(21)10-12-38(29)5/h1,9-16,20,28,35-37H,7-8,17H2,2-5H3,(H,33,34)/t28-/m0/s1. The summed E-state index contributed by atoms with van der Waals surface area (Å²) in [4.78, 5) is 9.21. The Morgan fingerprint density at radius 1 is 1.21 bits per heavy atom. The molecule has 4 N–H and O–H groups in total. The molecular formula is C30H33ClN8. The van der Waals surface area contributed by atoms with Crippen LogP contribution in [-0.2, 0) is 7.05 Å². The maximum Gasteiger partial charge on any atom is 0.139 e. The quantitative estimate of drug-likeness (QED) is 0.224. The summed E-state index contributed by atoms with van der Waals surface area (Å²) in [5.41, 5.74) is 13.0. The average molecular weight is 541 g/mol. The van der Waals surface area contributed by atoms with E-state index in [0.29, 0.717) is 22.1 Å². The number of benzene rings is 1. The minimum absolute atomic E-state index is 0.0651. The first-order chi connectivity index (χ1) is 18.7. The lowest BCUT2D eigenvalue weighted by Crippen LogP contribution is -2.38. The van der Waals surface area contributed by atoms with Crippen LogP contribution in [0.15, 0.2) is 54.8 Å². The second kappa shape index (κ2) is 9.67. The highest BCUT2D eigenvalue weighted by molar-refractivity contribution is 6.35. The van der Waals surface area contributed by atoms with E-state index in [2.05, 4.69) is 87.7 Å². The number of nitrogens with zero attached hydrogens (tertiary/aromatic N) is 4. The van der Waals surface area contributed by atoms with E-state index in [4.69, 9.17) is 18.0 Å². The summed E-state index contributed by atoms with van der Waals surface area (Å²) in [5.74, 6) is 2.79. The predicted octanol–water partition coefficient (Wildman–Crippen LogP) is 5.70. The number of hydrogen-bond donors (Lipinski definition) is 4. The van der Waals surface area contributed by atoms with Crippen molar-refractivity contribution < 1.29 is 0 Å². The number of pyridine rings is 2. The molecule has 1 atom stereocenters. The third-order valence-corrected chi connectivity index (χ3v) is 7.45. The maximum absolute atomic E-state index is 6.83. The molecule has 0 bridgehead atoms. The summed E-state index contributed by atoms with van der Waals surface area (Å²) in [6, 6.07) is 8.51. The SMILES string of the molecule is C#Cc1cnc2c(Cl)cc(N[C@H](C3=CN(C4CC4)NN3)c3ccnc4c3ccn4C)cc2c1NCC(C)(C)C. The number of halogens is 1. The summed E-state index contributed by atoms with van der Waals surface area (Å²) < 4.78 is 2.04. The number of rotatable bonds is 7. The number of nitrogens with one attached hydrogen (secondary N) is 4. The summed E-state index contributed by atoms with van der Waals surface area (Å²) in [6.07, 6.45) is 16.0. The zero-order valence-electron chi connectivity index (χ0n) is 22.6. The van der Waals surface area contributed by atoms with Crippen molar-refractivity contribution in [1.29, 1.82) is 0 Å². The van der Waals surface area contributed by atoms with Gasteiger partial charge in [-0.1, -0.05) is 38.3 Å². The molecule has 8 nitrogen and oxygen atoms in total. The van der Waals surface area contributed by atoms with Gasteiger partial charge in [0.2, 0.25) is 0 Å². The molecule has 4 aromatic rings. The van der Waals surface area contributed by atoms with Gasteiger partial charge in [0.05, 0.1) is 33.5 Å². The van der Waals surface area contributed by atoms with Crippen LogP contribution >= 0.6 is 11.6 Å². The van der Waals surface area contributed by atoms with Gasteiger partial charge in [0.1, 0.15) is 5.65 Å². The summed E-state index contributed by atoms with van der Waals surface area (Å²) in [7, 11) is 2.01. The van der Waals surface area contributed by atoms with Crippen LogP contribution in [0.4, 0.5) is 11.4 Å². The molecule has 3 aromatic heterocycles. The molecule has 1 saturated carbocycles. The fourth-order valence-electron chi connectivity index (χ4n) is 4.96. The highest BCUT2D eigenvalue weighted by atomic mass is 35.5. The second-order valence-corrected chi connectivity index (χ2v) is 12.0. The van der Waals surface area contributed by atoms with Gasteiger partial charge in [-0.3, -0.25) is 9.99 Å². The van der Waals surface area contributed by atoms with E-state index in [0.717, 1.165) is 45.6 Å². The number of aryl methyl sites for hydroxylation is 1. The molecule has 39 heavy (non-hydrogen) atoms. The fraction of sp³-hybridized carbons (Fsp3) is 0.333. The molecule has 0 spiro atoms. The molecular weight excluding hydrogens is 508 g/mol. The van der Waals surface area contributed by atoms with Crippen LogP contribution in [0.3, 0.4) is 0 Å². The van der Waals surface area contributed by atoms with Gasteiger partial charge in [-0.25, -0.2) is 4.98 Å². The number of fused-ring (bicyclic) bond motifs is 2. The smallest absolute Gasteiger partial charge is 0.139 e. The third kappa shape index (κ3) is 4.96. The van der Waals surface area contributed by atoms with E-state index >= 15 is 0 Å². The van der Waals surface area contributed by atoms with Crippen LogP contribution in [0.25, 0.3) is 21.9 Å². The number of anilines is 2. The second-order valence-electron chi connectivity index (χ2n) is 11.6. The van der Waals surface area contributed by atoms with Crippen LogP contribution in [0.5, 0.6) is 0 Å². The first kappa shape index (κ1) is 25.4. The summed E-state index contributed by atoms with van der Waals surface area (Å²) in [6.45, 7) is 7.30. The van der Waals surface area contributed by atoms with Crippen LogP contribution < -0.4 is 21.6 Å². The monoisotopic (exact) mass is 540 g/mol. The van der Waals surface area contributed by atoms with Crippen molar-refractivity contribution in [2.24, 2.45) is 12.5 Å². The van der Waals surface area contributed by atoms with Gasteiger partial charge in [-0.05, 0) is 48.1 Å². The number of aromatic nitrogens is 3. The van der Waals surface area contributed by atoms with Gasteiger partial charge in [0, 0.05) is 60.9 Å². The van der Waals surface area contributed by atoms with Crippen LogP contribution in [0, 0.1) is 17.8 Å². The first-order valence-electron chi connectivity index (χ1n) is 13.2. The van der Waals surface area contributed by atoms with Gasteiger partial charge >= 0.3 is 0 Å². The van der Waals surface area contributed by atoms with Crippen molar-refractivity contribution in [3.05, 3.63) is 70.9 Å². The minimum Gasteiger partial charge on any atom is -0.383 e. The number of hydrazine groups is 2. The van der Waals surface area contributed by atoms with Crippen LogP contribution in [0.2, 0.25) is 5.02 Å². The normalized spacial score (nSPS) is 16.2. The molecule has 9 heteroatoms. The lowest BCUT2D eigenvalue weighted by Gasteiger charge is -2.24. The van der Waals surface area contributed by atoms with Gasteiger partial charge in [-0.15, -0.1) is 12.0 Å². The minimum atomic E-state index is -0.197. The first-order valence-corrected chi connectivity index (χ1v) is 13.6. The van der Waals surface area contributed by atoms with E-state index in [1.54, 1.807) is 6.20 Å². The molecule has 0 saturated heterocycles. The molecule has 4 heterocycles. The van der Waals surface area contributed by atoms with Crippen LogP contribution in [0.1, 0.15) is 50.8 Å². The maximum atomic E-state index is 6.83. The zero-order chi connectivity index (χ0) is 27.3. The molecule has 1 aromatic carbocycles. The van der Waals surface area contributed by atoms with Crippen molar-refractivity contribution >= 4 is 44.9 Å². The lowest BCUT2D eigenvalue weighted by atomic mass is 9.96. The highest BCUT2D eigenvalue weighted by Crippen LogP contribution is 2.38. The van der Waals surface area contributed by atoms with Crippen molar-refractivity contribution in [3.8, 4) is 12.3 Å². The average Bonchev–Trinajstić information content (AvgIpc) is 3.52. The van der Waals surface area contributed by atoms with E-state index in [1.165, 1.54) is 12.8 Å². The Kier molecular flexibility index (Phi) is 6.29. The molecule has 2 aliphatic rings. The molecule has 0 amide bonds. The molecule has 6 rings (SSSR count). The van der Waals surface area contributed by atoms with Crippen molar-refractivity contribution in [1.82, 2.24) is 30.5 Å². The molecule has 1 fully saturated rings. The lowest BCUT2D eigenvalue weighted by molar-refractivity contribution is 0.260. The third-order valence-electron chi connectivity index (χ3n) is 7.16. The topological polar surface area (TPSA) is 82.1 Å². The predicted molar refractivity (Wildman–Crippen MR) is 159 cm³/mol. The number of hydrogen-bond acceptors (Lipinski definition) is 7. The van der Waals surface area contributed by atoms with E-state index in [-0.39, 0.29) is 11.5 Å². The Bertz CT molecular complexity index is 1640. The van der Waals surface area contributed by atoms with Crippen molar-refractivity contribution in [3.63, 3.8) is 0 Å². The highest BCUT2D eigenvalue weighted by Gasteiger charge is 2.33. The van der Waals surface area contributed by atoms with E-state index < -0.39 is 0 Å². The van der Waals surface area contributed by atoms with Gasteiger partial charge < -0.3 is 20.6 Å². The molecule has 1 aliphatic carbocycles. The molecule has 0 radical (unpaired) electrons. The molecule has 200 valence electrons. The largest absolute Gasteiger partial charge is 0.383 e. The van der Waals surface area contributed by atoms with E-state index in [9.17, 15) is 0 Å². The summed E-state index contributed by atoms with van der Waals surface area (Å²) >= 11 is 6.83. The van der Waals surface area contributed by atoms with Crippen molar-refractivity contribution in [2.75, 3.05) is 17.2 Å². The Balaban J connectivity index is 1.45. The Morgan fingerprint density at radius 2 is 2.03 bits per heavy atom. The molecule has 0 unspecified atom stereocenters. The Hall–Kier alpha value is -3.93. The fourth-order valence-corrected chi connectivity index (χ4v) is 5.23. The Morgan fingerprint density at radius 3 is 2.77 bits per heavy atom. The summed E-state index contributed by atoms with van der Waals surface area (Å²) in [5, 5.41) is 12.0. The van der Waals surface area contributed by atoms with E-state index in [1.807, 2.05) is 30.1 Å². The van der Waals surface area contributed by atoms with Gasteiger partial charge in [0.15, 0.2) is 0 Å². The molecule has 1 aliphatic heterocycles. The Labute approximate surface area is 233 Å². The van der Waals surface area contributed by atoms with Gasteiger partial charge in [-0.2, -0.15) is 0 Å².